The molecule has 4 heteroatoms. The molecule has 0 aliphatic heterocycles. The van der Waals surface area contributed by atoms with Gasteiger partial charge in [-0.25, -0.2) is 9.97 Å². The zero-order chi connectivity index (χ0) is 14.7. The molecule has 106 valence electrons. The van der Waals surface area contributed by atoms with Crippen LogP contribution >= 0.6 is 11.8 Å². The molecule has 1 unspecified atom stereocenters. The molecule has 0 saturated carbocycles. The van der Waals surface area contributed by atoms with Gasteiger partial charge in [0.25, 0.3) is 0 Å². The molecule has 2 N–H and O–H groups in total. The number of benzene rings is 1. The van der Waals surface area contributed by atoms with Crippen LogP contribution in [0.4, 0.5) is 0 Å². The molecule has 0 radical (unpaired) electrons. The average molecular weight is 287 g/mol. The van der Waals surface area contributed by atoms with Gasteiger partial charge in [0.2, 0.25) is 0 Å². The van der Waals surface area contributed by atoms with Crippen molar-refractivity contribution in [2.24, 2.45) is 5.73 Å². The van der Waals surface area contributed by atoms with Gasteiger partial charge in [0.1, 0.15) is 0 Å². The largest absolute Gasteiger partial charge is 0.324 e. The summed E-state index contributed by atoms with van der Waals surface area (Å²) >= 11 is 1.59. The van der Waals surface area contributed by atoms with Crippen molar-refractivity contribution in [2.45, 2.75) is 50.2 Å². The first-order valence-electron chi connectivity index (χ1n) is 6.86. The van der Waals surface area contributed by atoms with E-state index in [2.05, 4.69) is 48.1 Å². The van der Waals surface area contributed by atoms with Crippen LogP contribution in [0.2, 0.25) is 0 Å². The van der Waals surface area contributed by atoms with Crippen molar-refractivity contribution in [1.29, 1.82) is 0 Å². The first-order chi connectivity index (χ1) is 9.51. The molecule has 0 aliphatic carbocycles. The number of aromatic nitrogens is 2. The molecule has 1 aromatic carbocycles. The zero-order valence-electron chi connectivity index (χ0n) is 12.5. The second-order valence-corrected chi connectivity index (χ2v) is 6.03. The first kappa shape index (κ1) is 15.0. The quantitative estimate of drug-likeness (QED) is 0.865. The van der Waals surface area contributed by atoms with E-state index in [4.69, 9.17) is 5.73 Å². The minimum Gasteiger partial charge on any atom is -0.324 e. The number of nitrogens with two attached hydrogens (primary N) is 1. The van der Waals surface area contributed by atoms with Gasteiger partial charge in [0.05, 0.1) is 0 Å². The fourth-order valence-corrected chi connectivity index (χ4v) is 2.76. The maximum atomic E-state index is 6.02. The lowest BCUT2D eigenvalue weighted by atomic mass is 10.1. The van der Waals surface area contributed by atoms with Crippen molar-refractivity contribution < 1.29 is 0 Å². The van der Waals surface area contributed by atoms with Crippen molar-refractivity contribution in [2.75, 3.05) is 0 Å². The highest BCUT2D eigenvalue weighted by atomic mass is 32.2. The second kappa shape index (κ2) is 6.37. The molecule has 0 amide bonds. The van der Waals surface area contributed by atoms with E-state index >= 15 is 0 Å². The van der Waals surface area contributed by atoms with Gasteiger partial charge in [-0.15, -0.1) is 0 Å². The summed E-state index contributed by atoms with van der Waals surface area (Å²) in [4.78, 5) is 10.2. The molecule has 1 heterocycles. The van der Waals surface area contributed by atoms with Crippen LogP contribution in [0.25, 0.3) is 0 Å². The molecule has 1 atom stereocenters. The van der Waals surface area contributed by atoms with Crippen LogP contribution in [0.3, 0.4) is 0 Å². The molecule has 0 bridgehead atoms. The van der Waals surface area contributed by atoms with Gasteiger partial charge in [-0.3, -0.25) is 0 Å². The number of hydrogen-bond acceptors (Lipinski definition) is 4. The first-order valence-corrected chi connectivity index (χ1v) is 7.68. The van der Waals surface area contributed by atoms with Crippen molar-refractivity contribution in [3.05, 3.63) is 46.8 Å². The topological polar surface area (TPSA) is 51.8 Å². The molecule has 2 rings (SSSR count). The maximum Gasteiger partial charge on any atom is 0.192 e. The minimum atomic E-state index is 0.120. The van der Waals surface area contributed by atoms with E-state index in [1.54, 1.807) is 11.8 Å². The summed E-state index contributed by atoms with van der Waals surface area (Å²) < 4.78 is 0. The molecule has 20 heavy (non-hydrogen) atoms. The van der Waals surface area contributed by atoms with Gasteiger partial charge < -0.3 is 5.73 Å². The van der Waals surface area contributed by atoms with Crippen LogP contribution in [0.15, 0.2) is 34.3 Å². The zero-order valence-corrected chi connectivity index (χ0v) is 13.3. The van der Waals surface area contributed by atoms with Crippen LogP contribution in [-0.4, -0.2) is 9.97 Å². The fourth-order valence-electron chi connectivity index (χ4n) is 1.91. The van der Waals surface area contributed by atoms with E-state index in [1.165, 1.54) is 11.1 Å². The summed E-state index contributed by atoms with van der Waals surface area (Å²) in [6.07, 6.45) is 0.950. The standard InChI is InChI=1S/C16H21N3S/c1-5-15(17)13-6-8-14(9-7-13)20-16-18-11(3)10(2)12(4)19-16/h6-9,15H,5,17H2,1-4H3. The van der Waals surface area contributed by atoms with Crippen molar-refractivity contribution in [3.63, 3.8) is 0 Å². The smallest absolute Gasteiger partial charge is 0.192 e. The minimum absolute atomic E-state index is 0.120. The van der Waals surface area contributed by atoms with E-state index in [-0.39, 0.29) is 6.04 Å². The third kappa shape index (κ3) is 3.38. The van der Waals surface area contributed by atoms with Gasteiger partial charge in [-0.1, -0.05) is 19.1 Å². The Hall–Kier alpha value is -1.39. The van der Waals surface area contributed by atoms with E-state index in [0.717, 1.165) is 27.9 Å². The van der Waals surface area contributed by atoms with Gasteiger partial charge in [-0.2, -0.15) is 0 Å². The van der Waals surface area contributed by atoms with Crippen molar-refractivity contribution >= 4 is 11.8 Å². The van der Waals surface area contributed by atoms with Crippen LogP contribution in [0.1, 0.15) is 41.9 Å². The Bertz CT molecular complexity index is 570. The highest BCUT2D eigenvalue weighted by Gasteiger charge is 2.07. The summed E-state index contributed by atoms with van der Waals surface area (Å²) in [7, 11) is 0. The monoisotopic (exact) mass is 287 g/mol. The molecular weight excluding hydrogens is 266 g/mol. The third-order valence-corrected chi connectivity index (χ3v) is 4.44. The lowest BCUT2D eigenvalue weighted by molar-refractivity contribution is 0.698. The summed E-state index contributed by atoms with van der Waals surface area (Å²) in [5, 5.41) is 0.804. The molecule has 3 nitrogen and oxygen atoms in total. The fraction of sp³-hybridized carbons (Fsp3) is 0.375. The molecule has 2 aromatic rings. The van der Waals surface area contributed by atoms with Crippen LogP contribution in [0, 0.1) is 20.8 Å². The molecule has 0 aliphatic rings. The molecule has 0 spiro atoms. The molecule has 0 saturated heterocycles. The van der Waals surface area contributed by atoms with E-state index in [9.17, 15) is 0 Å². The highest BCUT2D eigenvalue weighted by molar-refractivity contribution is 7.99. The van der Waals surface area contributed by atoms with Gasteiger partial charge in [0, 0.05) is 22.3 Å². The lowest BCUT2D eigenvalue weighted by Gasteiger charge is -2.10. The highest BCUT2D eigenvalue weighted by Crippen LogP contribution is 2.27. The van der Waals surface area contributed by atoms with Crippen LogP contribution in [-0.2, 0) is 0 Å². The Morgan fingerprint density at radius 1 is 1.05 bits per heavy atom. The van der Waals surface area contributed by atoms with E-state index in [1.807, 2.05) is 13.8 Å². The normalized spacial score (nSPS) is 12.4. The predicted molar refractivity (Wildman–Crippen MR) is 84.0 cm³/mol. The van der Waals surface area contributed by atoms with Crippen LogP contribution in [0.5, 0.6) is 0 Å². The number of rotatable bonds is 4. The Balaban J connectivity index is 2.18. The molecular formula is C16H21N3S. The third-order valence-electron chi connectivity index (χ3n) is 3.57. The summed E-state index contributed by atoms with van der Waals surface area (Å²) in [6.45, 7) is 8.20. The summed E-state index contributed by atoms with van der Waals surface area (Å²) in [5.74, 6) is 0. The summed E-state index contributed by atoms with van der Waals surface area (Å²) in [6, 6.07) is 8.47. The molecule has 1 aromatic heterocycles. The Morgan fingerprint density at radius 3 is 2.10 bits per heavy atom. The van der Waals surface area contributed by atoms with Crippen LogP contribution < -0.4 is 5.73 Å². The number of aryl methyl sites for hydroxylation is 2. The number of nitrogens with zero attached hydrogens (tertiary/aromatic N) is 2. The second-order valence-electron chi connectivity index (χ2n) is 4.99. The molecule has 0 fully saturated rings. The Kier molecular flexibility index (Phi) is 4.78. The van der Waals surface area contributed by atoms with Crippen molar-refractivity contribution in [1.82, 2.24) is 9.97 Å². The Labute approximate surface area is 125 Å². The summed E-state index contributed by atoms with van der Waals surface area (Å²) in [5.41, 5.74) is 10.5. The average Bonchev–Trinajstić information content (AvgIpc) is 2.44. The van der Waals surface area contributed by atoms with Gasteiger partial charge >= 0.3 is 0 Å². The predicted octanol–water partition coefficient (Wildman–Crippen LogP) is 3.96. The van der Waals surface area contributed by atoms with E-state index in [0.29, 0.717) is 0 Å². The van der Waals surface area contributed by atoms with Gasteiger partial charge in [-0.05, 0) is 62.2 Å². The van der Waals surface area contributed by atoms with E-state index < -0.39 is 0 Å². The SMILES string of the molecule is CCC(N)c1ccc(Sc2nc(C)c(C)c(C)n2)cc1. The van der Waals surface area contributed by atoms with Crippen molar-refractivity contribution in [3.8, 4) is 0 Å². The maximum absolute atomic E-state index is 6.02. The number of hydrogen-bond donors (Lipinski definition) is 1. The lowest BCUT2D eigenvalue weighted by Crippen LogP contribution is -2.08. The van der Waals surface area contributed by atoms with Gasteiger partial charge in [0.15, 0.2) is 5.16 Å². The Morgan fingerprint density at radius 2 is 1.60 bits per heavy atom.